The van der Waals surface area contributed by atoms with Crippen LogP contribution in [0.25, 0.3) is 0 Å². The lowest BCUT2D eigenvalue weighted by Gasteiger charge is -2.15. The molecule has 0 heterocycles. The molecule has 0 amide bonds. The molecule has 0 saturated carbocycles. The zero-order valence-electron chi connectivity index (χ0n) is 11.7. The molecule has 0 unspecified atom stereocenters. The Morgan fingerprint density at radius 3 is 2.24 bits per heavy atom. The lowest BCUT2D eigenvalue weighted by Crippen LogP contribution is -2.21. The molecule has 0 radical (unpaired) electrons. The molecule has 17 heavy (non-hydrogen) atoms. The first-order valence-corrected chi connectivity index (χ1v) is 10.9. The van der Waals surface area contributed by atoms with Crippen molar-refractivity contribution < 1.29 is 4.74 Å². The van der Waals surface area contributed by atoms with Crippen LogP contribution in [0, 0.1) is 13.8 Å². The highest BCUT2D eigenvalue weighted by molar-refractivity contribution is 7.99. The monoisotopic (exact) mass is 268 g/mol. The summed E-state index contributed by atoms with van der Waals surface area (Å²) in [6.45, 7) is 12.4. The maximum Gasteiger partial charge on any atom is 0.0967 e. The quantitative estimate of drug-likeness (QED) is 0.320. The fourth-order valence-electron chi connectivity index (χ4n) is 1.56. The Hall–Kier alpha value is -0.253. The number of ether oxygens (including phenoxy) is 1. The highest BCUT2D eigenvalue weighted by Gasteiger charge is 2.12. The molecule has 96 valence electrons. The Morgan fingerprint density at radius 1 is 1.12 bits per heavy atom. The summed E-state index contributed by atoms with van der Waals surface area (Å²) in [6, 6.07) is 7.69. The number of rotatable bonds is 6. The van der Waals surface area contributed by atoms with Crippen molar-refractivity contribution >= 4 is 19.8 Å². The zero-order valence-corrected chi connectivity index (χ0v) is 13.5. The molecule has 0 saturated heterocycles. The van der Waals surface area contributed by atoms with E-state index in [9.17, 15) is 0 Å². The fraction of sp³-hybridized carbons (Fsp3) is 0.571. The normalized spacial score (nSPS) is 11.8. The van der Waals surface area contributed by atoms with Gasteiger partial charge in [-0.1, -0.05) is 49.6 Å². The van der Waals surface area contributed by atoms with E-state index in [1.54, 1.807) is 0 Å². The van der Waals surface area contributed by atoms with Gasteiger partial charge in [-0.05, 0) is 31.0 Å². The molecular formula is C14H24OSSi. The van der Waals surface area contributed by atoms with Crippen molar-refractivity contribution in [1.29, 1.82) is 0 Å². The minimum atomic E-state index is -0.943. The third kappa shape index (κ3) is 5.75. The van der Waals surface area contributed by atoms with E-state index in [0.29, 0.717) is 0 Å². The minimum Gasteiger partial charge on any atom is -0.371 e. The summed E-state index contributed by atoms with van der Waals surface area (Å²) in [6.07, 6.45) is 0. The molecule has 0 aliphatic heterocycles. The van der Waals surface area contributed by atoms with Crippen LogP contribution in [0.3, 0.4) is 0 Å². The molecule has 0 fully saturated rings. The van der Waals surface area contributed by atoms with Crippen LogP contribution in [0.5, 0.6) is 0 Å². The molecule has 3 heteroatoms. The van der Waals surface area contributed by atoms with Crippen LogP contribution in [0.4, 0.5) is 0 Å². The van der Waals surface area contributed by atoms with Gasteiger partial charge in [-0.25, -0.2) is 0 Å². The second-order valence-electron chi connectivity index (χ2n) is 5.70. The predicted octanol–water partition coefficient (Wildman–Crippen LogP) is 4.71. The van der Waals surface area contributed by atoms with Gasteiger partial charge in [0.25, 0.3) is 0 Å². The van der Waals surface area contributed by atoms with Gasteiger partial charge in [-0.15, -0.1) is 0 Å². The zero-order chi connectivity index (χ0) is 12.9. The topological polar surface area (TPSA) is 9.23 Å². The highest BCUT2D eigenvalue weighted by Crippen LogP contribution is 2.26. The molecule has 1 aromatic carbocycles. The number of hydrogen-bond acceptors (Lipinski definition) is 2. The van der Waals surface area contributed by atoms with Crippen LogP contribution in [-0.4, -0.2) is 20.6 Å². The van der Waals surface area contributed by atoms with Crippen molar-refractivity contribution in [3.8, 4) is 0 Å². The average Bonchev–Trinajstić information content (AvgIpc) is 2.20. The molecule has 1 nitrogen and oxygen atoms in total. The fourth-order valence-corrected chi connectivity index (χ4v) is 3.23. The summed E-state index contributed by atoms with van der Waals surface area (Å²) in [5.74, 6) is 0.774. The summed E-state index contributed by atoms with van der Waals surface area (Å²) >= 11 is 1.82. The largest absolute Gasteiger partial charge is 0.371 e. The van der Waals surface area contributed by atoms with Gasteiger partial charge in [0.05, 0.1) is 5.94 Å². The smallest absolute Gasteiger partial charge is 0.0967 e. The van der Waals surface area contributed by atoms with E-state index in [1.807, 2.05) is 11.8 Å². The molecule has 0 aliphatic carbocycles. The molecule has 0 N–H and O–H groups in total. The van der Waals surface area contributed by atoms with Crippen LogP contribution in [-0.2, 0) is 4.74 Å². The average molecular weight is 268 g/mol. The van der Waals surface area contributed by atoms with Crippen molar-refractivity contribution in [1.82, 2.24) is 0 Å². The Balaban J connectivity index is 2.32. The standard InChI is InChI=1S/C14H24OSSi/c1-12-7-6-8-13(2)14(12)16-11-15-9-10-17(3,4)5/h6-8H,9-11H2,1-5H3. The van der Waals surface area contributed by atoms with E-state index in [1.165, 1.54) is 22.1 Å². The Labute approximate surface area is 111 Å². The number of thioether (sulfide) groups is 1. The van der Waals surface area contributed by atoms with Gasteiger partial charge >= 0.3 is 0 Å². The highest BCUT2D eigenvalue weighted by atomic mass is 32.2. The lowest BCUT2D eigenvalue weighted by atomic mass is 10.2. The van der Waals surface area contributed by atoms with Gasteiger partial charge in [-0.3, -0.25) is 0 Å². The van der Waals surface area contributed by atoms with Gasteiger partial charge in [0.15, 0.2) is 0 Å². The Bertz CT molecular complexity index is 337. The summed E-state index contributed by atoms with van der Waals surface area (Å²) in [5.41, 5.74) is 2.70. The molecular weight excluding hydrogens is 244 g/mol. The van der Waals surface area contributed by atoms with Gasteiger partial charge in [0.2, 0.25) is 0 Å². The van der Waals surface area contributed by atoms with Crippen molar-refractivity contribution in [3.63, 3.8) is 0 Å². The van der Waals surface area contributed by atoms with Crippen LogP contribution >= 0.6 is 11.8 Å². The van der Waals surface area contributed by atoms with Gasteiger partial charge < -0.3 is 4.74 Å². The first kappa shape index (κ1) is 14.8. The maximum absolute atomic E-state index is 5.72. The third-order valence-corrected chi connectivity index (χ3v) is 5.61. The van der Waals surface area contributed by atoms with Crippen LogP contribution in [0.1, 0.15) is 11.1 Å². The molecule has 0 aromatic heterocycles. The van der Waals surface area contributed by atoms with Crippen molar-refractivity contribution in [3.05, 3.63) is 29.3 Å². The van der Waals surface area contributed by atoms with Crippen molar-refractivity contribution in [2.75, 3.05) is 12.5 Å². The van der Waals surface area contributed by atoms with E-state index in [2.05, 4.69) is 51.7 Å². The summed E-state index contributed by atoms with van der Waals surface area (Å²) < 4.78 is 5.72. The molecule has 1 rings (SSSR count). The second-order valence-corrected chi connectivity index (χ2v) is 12.3. The van der Waals surface area contributed by atoms with E-state index < -0.39 is 8.07 Å². The summed E-state index contributed by atoms with van der Waals surface area (Å²) in [5, 5.41) is 0. The van der Waals surface area contributed by atoms with Gasteiger partial charge in [0, 0.05) is 19.6 Å². The van der Waals surface area contributed by atoms with E-state index in [0.717, 1.165) is 12.5 Å². The Morgan fingerprint density at radius 2 is 1.71 bits per heavy atom. The van der Waals surface area contributed by atoms with Gasteiger partial charge in [0.1, 0.15) is 0 Å². The second kappa shape index (κ2) is 6.62. The molecule has 1 aromatic rings. The van der Waals surface area contributed by atoms with Gasteiger partial charge in [-0.2, -0.15) is 0 Å². The lowest BCUT2D eigenvalue weighted by molar-refractivity contribution is 0.198. The molecule has 0 aliphatic rings. The van der Waals surface area contributed by atoms with E-state index in [4.69, 9.17) is 4.74 Å². The van der Waals surface area contributed by atoms with Crippen molar-refractivity contribution in [2.24, 2.45) is 0 Å². The predicted molar refractivity (Wildman–Crippen MR) is 80.7 cm³/mol. The summed E-state index contributed by atoms with van der Waals surface area (Å²) in [4.78, 5) is 1.38. The van der Waals surface area contributed by atoms with E-state index >= 15 is 0 Å². The number of aryl methyl sites for hydroxylation is 2. The minimum absolute atomic E-state index is 0.774. The van der Waals surface area contributed by atoms with Crippen LogP contribution in [0.15, 0.2) is 23.1 Å². The number of benzene rings is 1. The first-order chi connectivity index (χ1) is 7.90. The van der Waals surface area contributed by atoms with Crippen molar-refractivity contribution in [2.45, 2.75) is 44.4 Å². The van der Waals surface area contributed by atoms with Crippen LogP contribution in [0.2, 0.25) is 25.7 Å². The Kier molecular flexibility index (Phi) is 5.76. The summed E-state index contributed by atoms with van der Waals surface area (Å²) in [7, 11) is -0.943. The maximum atomic E-state index is 5.72. The number of hydrogen-bond donors (Lipinski definition) is 0. The molecule has 0 atom stereocenters. The van der Waals surface area contributed by atoms with E-state index in [-0.39, 0.29) is 0 Å². The SMILES string of the molecule is Cc1cccc(C)c1SCOCC[Si](C)(C)C. The van der Waals surface area contributed by atoms with Crippen LogP contribution < -0.4 is 0 Å². The molecule has 0 spiro atoms. The first-order valence-electron chi connectivity index (χ1n) is 6.17. The third-order valence-electron chi connectivity index (χ3n) is 2.69. The molecule has 0 bridgehead atoms.